The van der Waals surface area contributed by atoms with Crippen LogP contribution in [0.3, 0.4) is 0 Å². The van der Waals surface area contributed by atoms with Gasteiger partial charge in [0.2, 0.25) is 0 Å². The SMILES string of the molecule is C#CCn1c(=NC(=O)c2ccnn2C(C)C)sc2cc(C(=O)OC)ccc21. The molecule has 0 aliphatic carbocycles. The van der Waals surface area contributed by atoms with Crippen LogP contribution in [0.1, 0.15) is 40.7 Å². The molecule has 0 N–H and O–H groups in total. The number of hydrogen-bond donors (Lipinski definition) is 0. The molecule has 0 spiro atoms. The van der Waals surface area contributed by atoms with Crippen LogP contribution in [0.4, 0.5) is 0 Å². The molecule has 138 valence electrons. The summed E-state index contributed by atoms with van der Waals surface area (Å²) in [5, 5.41) is 4.17. The summed E-state index contributed by atoms with van der Waals surface area (Å²) in [6, 6.07) is 6.82. The van der Waals surface area contributed by atoms with Crippen LogP contribution in [0.15, 0.2) is 35.5 Å². The van der Waals surface area contributed by atoms with Crippen LogP contribution in [0, 0.1) is 12.3 Å². The molecule has 1 amide bonds. The van der Waals surface area contributed by atoms with Gasteiger partial charge in [0.15, 0.2) is 4.80 Å². The van der Waals surface area contributed by atoms with E-state index in [0.717, 1.165) is 10.2 Å². The van der Waals surface area contributed by atoms with Gasteiger partial charge in [0.05, 0.1) is 29.4 Å². The maximum absolute atomic E-state index is 12.7. The Bertz CT molecular complexity index is 1130. The van der Waals surface area contributed by atoms with Gasteiger partial charge in [0, 0.05) is 12.2 Å². The minimum absolute atomic E-state index is 0.0389. The predicted octanol–water partition coefficient (Wildman–Crippen LogP) is 2.64. The molecule has 3 aromatic rings. The van der Waals surface area contributed by atoms with Gasteiger partial charge in [-0.2, -0.15) is 10.1 Å². The first-order valence-electron chi connectivity index (χ1n) is 8.24. The second kappa shape index (κ2) is 7.60. The number of benzene rings is 1. The van der Waals surface area contributed by atoms with E-state index in [1.54, 1.807) is 39.7 Å². The van der Waals surface area contributed by atoms with E-state index in [2.05, 4.69) is 16.0 Å². The summed E-state index contributed by atoms with van der Waals surface area (Å²) in [6.45, 7) is 4.14. The van der Waals surface area contributed by atoms with E-state index in [9.17, 15) is 9.59 Å². The zero-order valence-corrected chi connectivity index (χ0v) is 16.0. The molecular formula is C19H18N4O3S. The van der Waals surface area contributed by atoms with E-state index in [-0.39, 0.29) is 12.6 Å². The number of hydrogen-bond acceptors (Lipinski definition) is 5. The Balaban J connectivity index is 2.14. The molecule has 0 aliphatic heterocycles. The normalized spacial score (nSPS) is 11.7. The number of rotatable bonds is 4. The topological polar surface area (TPSA) is 78.5 Å². The second-order valence-corrected chi connectivity index (χ2v) is 7.03. The molecule has 2 aromatic heterocycles. The molecule has 3 rings (SSSR count). The summed E-state index contributed by atoms with van der Waals surface area (Å²) in [5.74, 6) is 1.75. The number of terminal acetylenes is 1. The predicted molar refractivity (Wildman–Crippen MR) is 102 cm³/mol. The number of carbonyl (C=O) groups is 2. The molecule has 0 saturated heterocycles. The number of carbonyl (C=O) groups excluding carboxylic acids is 2. The average molecular weight is 382 g/mol. The van der Waals surface area contributed by atoms with E-state index in [0.29, 0.717) is 16.1 Å². The summed E-state index contributed by atoms with van der Waals surface area (Å²) in [6.07, 6.45) is 7.06. The lowest BCUT2D eigenvalue weighted by molar-refractivity contribution is 0.0601. The molecule has 2 heterocycles. The Kier molecular flexibility index (Phi) is 5.23. The van der Waals surface area contributed by atoms with Crippen LogP contribution in [0.5, 0.6) is 0 Å². The second-order valence-electron chi connectivity index (χ2n) is 6.02. The fraction of sp³-hybridized carbons (Fsp3) is 0.263. The lowest BCUT2D eigenvalue weighted by atomic mass is 10.2. The van der Waals surface area contributed by atoms with Crippen molar-refractivity contribution >= 4 is 33.4 Å². The minimum Gasteiger partial charge on any atom is -0.465 e. The Morgan fingerprint density at radius 3 is 2.81 bits per heavy atom. The van der Waals surface area contributed by atoms with Gasteiger partial charge in [-0.15, -0.1) is 6.42 Å². The third-order valence-electron chi connectivity index (χ3n) is 3.93. The molecule has 1 aromatic carbocycles. The van der Waals surface area contributed by atoms with E-state index >= 15 is 0 Å². The molecule has 0 atom stereocenters. The van der Waals surface area contributed by atoms with Crippen LogP contribution in [-0.2, 0) is 11.3 Å². The number of methoxy groups -OCH3 is 1. The van der Waals surface area contributed by atoms with E-state index in [1.165, 1.54) is 18.4 Å². The van der Waals surface area contributed by atoms with Crippen LogP contribution in [-0.4, -0.2) is 33.3 Å². The van der Waals surface area contributed by atoms with Gasteiger partial charge >= 0.3 is 5.97 Å². The Labute approximate surface area is 159 Å². The molecule has 8 heteroatoms. The van der Waals surface area contributed by atoms with Crippen molar-refractivity contribution in [3.8, 4) is 12.3 Å². The maximum Gasteiger partial charge on any atom is 0.337 e. The van der Waals surface area contributed by atoms with Crippen molar-refractivity contribution in [2.24, 2.45) is 4.99 Å². The Morgan fingerprint density at radius 1 is 1.37 bits per heavy atom. The number of amides is 1. The highest BCUT2D eigenvalue weighted by atomic mass is 32.1. The quantitative estimate of drug-likeness (QED) is 0.513. The summed E-state index contributed by atoms with van der Waals surface area (Å²) >= 11 is 1.29. The summed E-state index contributed by atoms with van der Waals surface area (Å²) in [5.41, 5.74) is 1.63. The number of fused-ring (bicyclic) bond motifs is 1. The molecule has 7 nitrogen and oxygen atoms in total. The number of esters is 1. The van der Waals surface area contributed by atoms with Crippen molar-refractivity contribution in [1.29, 1.82) is 0 Å². The van der Waals surface area contributed by atoms with Crippen LogP contribution in [0.25, 0.3) is 10.2 Å². The molecule has 0 aliphatic rings. The van der Waals surface area contributed by atoms with Crippen molar-refractivity contribution in [3.63, 3.8) is 0 Å². The van der Waals surface area contributed by atoms with Crippen molar-refractivity contribution in [2.75, 3.05) is 7.11 Å². The summed E-state index contributed by atoms with van der Waals surface area (Å²) in [4.78, 5) is 29.2. The van der Waals surface area contributed by atoms with Gasteiger partial charge in [0.1, 0.15) is 5.69 Å². The van der Waals surface area contributed by atoms with E-state index < -0.39 is 11.9 Å². The van der Waals surface area contributed by atoms with Crippen molar-refractivity contribution in [2.45, 2.75) is 26.4 Å². The van der Waals surface area contributed by atoms with Crippen molar-refractivity contribution in [1.82, 2.24) is 14.3 Å². The van der Waals surface area contributed by atoms with Gasteiger partial charge in [-0.05, 0) is 38.1 Å². The van der Waals surface area contributed by atoms with Crippen LogP contribution >= 0.6 is 11.3 Å². The first-order valence-corrected chi connectivity index (χ1v) is 9.05. The largest absolute Gasteiger partial charge is 0.465 e. The number of nitrogens with zero attached hydrogens (tertiary/aromatic N) is 4. The Morgan fingerprint density at radius 2 is 2.15 bits per heavy atom. The lowest BCUT2D eigenvalue weighted by Crippen LogP contribution is -2.18. The lowest BCUT2D eigenvalue weighted by Gasteiger charge is -2.07. The fourth-order valence-electron chi connectivity index (χ4n) is 2.69. The van der Waals surface area contributed by atoms with Crippen molar-refractivity contribution in [3.05, 3.63) is 46.5 Å². The highest BCUT2D eigenvalue weighted by Crippen LogP contribution is 2.20. The first kappa shape index (κ1) is 18.6. The molecular weight excluding hydrogens is 364 g/mol. The minimum atomic E-state index is -0.427. The average Bonchev–Trinajstić information content (AvgIpc) is 3.26. The fourth-order valence-corrected chi connectivity index (χ4v) is 3.75. The van der Waals surface area contributed by atoms with Crippen LogP contribution in [0.2, 0.25) is 0 Å². The highest BCUT2D eigenvalue weighted by molar-refractivity contribution is 7.16. The molecule has 0 radical (unpaired) electrons. The van der Waals surface area contributed by atoms with Crippen LogP contribution < -0.4 is 4.80 Å². The number of thiazole rings is 1. The summed E-state index contributed by atoms with van der Waals surface area (Å²) < 4.78 is 8.94. The Hall–Kier alpha value is -3.18. The standard InChI is InChI=1S/C19H18N4O3S/c1-5-10-22-14-7-6-13(18(25)26-4)11-16(14)27-19(22)21-17(24)15-8-9-20-23(15)12(2)3/h1,6-9,11-12H,10H2,2-4H3. The van der Waals surface area contributed by atoms with Crippen molar-refractivity contribution < 1.29 is 14.3 Å². The van der Waals surface area contributed by atoms with Gasteiger partial charge in [-0.3, -0.25) is 9.48 Å². The maximum atomic E-state index is 12.7. The molecule has 27 heavy (non-hydrogen) atoms. The van der Waals surface area contributed by atoms with Gasteiger partial charge in [-0.1, -0.05) is 17.3 Å². The first-order chi connectivity index (χ1) is 13.0. The highest BCUT2D eigenvalue weighted by Gasteiger charge is 2.15. The third-order valence-corrected chi connectivity index (χ3v) is 4.97. The zero-order chi connectivity index (χ0) is 19.6. The molecule has 0 unspecified atom stereocenters. The monoisotopic (exact) mass is 382 g/mol. The number of aromatic nitrogens is 3. The van der Waals surface area contributed by atoms with Gasteiger partial charge < -0.3 is 9.30 Å². The van der Waals surface area contributed by atoms with Gasteiger partial charge in [0.25, 0.3) is 5.91 Å². The van der Waals surface area contributed by atoms with Gasteiger partial charge in [-0.25, -0.2) is 4.79 Å². The molecule has 0 fully saturated rings. The summed E-state index contributed by atoms with van der Waals surface area (Å²) in [7, 11) is 1.33. The smallest absolute Gasteiger partial charge is 0.337 e. The zero-order valence-electron chi connectivity index (χ0n) is 15.2. The number of ether oxygens (including phenoxy) is 1. The van der Waals surface area contributed by atoms with E-state index in [1.807, 2.05) is 13.8 Å². The van der Waals surface area contributed by atoms with E-state index in [4.69, 9.17) is 11.2 Å². The third kappa shape index (κ3) is 3.55. The molecule has 0 bridgehead atoms. The molecule has 0 saturated carbocycles.